The van der Waals surface area contributed by atoms with Crippen LogP contribution in [0.1, 0.15) is 74.6 Å². The Morgan fingerprint density at radius 1 is 0.759 bits per heavy atom. The van der Waals surface area contributed by atoms with Crippen molar-refractivity contribution in [1.82, 2.24) is 10.6 Å². The van der Waals surface area contributed by atoms with Crippen LogP contribution in [0.25, 0.3) is 0 Å². The molecule has 6 rings (SSSR count). The molecular weight excluding hydrogens is 362 g/mol. The van der Waals surface area contributed by atoms with Crippen LogP contribution >= 0.6 is 0 Å². The fourth-order valence-corrected chi connectivity index (χ4v) is 6.70. The van der Waals surface area contributed by atoms with E-state index >= 15 is 0 Å². The first-order chi connectivity index (χ1) is 14.1. The van der Waals surface area contributed by atoms with Gasteiger partial charge in [-0.3, -0.25) is 4.79 Å². The van der Waals surface area contributed by atoms with Gasteiger partial charge in [0.2, 0.25) is 0 Å². The smallest absolute Gasteiger partial charge is 0.319 e. The molecule has 0 atom stereocenters. The highest BCUT2D eigenvalue weighted by Gasteiger charge is 2.48. The Kier molecular flexibility index (Phi) is 5.23. The average molecular weight is 396 g/mol. The third kappa shape index (κ3) is 4.15. The second-order valence-corrected chi connectivity index (χ2v) is 9.94. The van der Waals surface area contributed by atoms with Gasteiger partial charge in [0, 0.05) is 23.3 Å². The number of benzene rings is 1. The molecule has 5 nitrogen and oxygen atoms in total. The van der Waals surface area contributed by atoms with Gasteiger partial charge in [-0.1, -0.05) is 19.3 Å². The lowest BCUT2D eigenvalue weighted by Crippen LogP contribution is -2.56. The maximum absolute atomic E-state index is 12.6. The number of rotatable bonds is 4. The van der Waals surface area contributed by atoms with E-state index in [1.54, 1.807) is 12.1 Å². The molecule has 0 heterocycles. The highest BCUT2D eigenvalue weighted by Crippen LogP contribution is 2.53. The normalized spacial score (nSPS) is 33.3. The summed E-state index contributed by atoms with van der Waals surface area (Å²) in [6, 6.07) is 7.79. The van der Waals surface area contributed by atoms with Crippen molar-refractivity contribution in [2.75, 3.05) is 5.32 Å². The third-order valence-corrected chi connectivity index (χ3v) is 7.87. The van der Waals surface area contributed by atoms with Crippen molar-refractivity contribution < 1.29 is 9.59 Å². The van der Waals surface area contributed by atoms with E-state index in [0.717, 1.165) is 30.4 Å². The molecule has 156 valence electrons. The molecule has 0 saturated heterocycles. The van der Waals surface area contributed by atoms with Gasteiger partial charge in [0.1, 0.15) is 0 Å². The molecule has 4 bridgehead atoms. The van der Waals surface area contributed by atoms with Crippen LogP contribution in [0, 0.1) is 23.7 Å². The largest absolute Gasteiger partial charge is 0.349 e. The van der Waals surface area contributed by atoms with Gasteiger partial charge < -0.3 is 16.0 Å². The Morgan fingerprint density at radius 3 is 2.00 bits per heavy atom. The summed E-state index contributed by atoms with van der Waals surface area (Å²) >= 11 is 0. The summed E-state index contributed by atoms with van der Waals surface area (Å²) in [5, 5.41) is 9.38. The highest BCUT2D eigenvalue weighted by atomic mass is 16.2. The van der Waals surface area contributed by atoms with Crippen LogP contribution in [-0.4, -0.2) is 24.0 Å². The van der Waals surface area contributed by atoms with Crippen molar-refractivity contribution in [2.45, 2.75) is 76.3 Å². The molecule has 1 aromatic rings. The maximum Gasteiger partial charge on any atom is 0.319 e. The van der Waals surface area contributed by atoms with E-state index in [2.05, 4.69) is 16.0 Å². The molecule has 3 amide bonds. The lowest BCUT2D eigenvalue weighted by Gasteiger charge is -2.54. The van der Waals surface area contributed by atoms with Crippen LogP contribution in [0.5, 0.6) is 0 Å². The van der Waals surface area contributed by atoms with Crippen molar-refractivity contribution in [2.24, 2.45) is 23.7 Å². The highest BCUT2D eigenvalue weighted by molar-refractivity contribution is 5.95. The van der Waals surface area contributed by atoms with Crippen LogP contribution in [0.4, 0.5) is 10.5 Å². The number of carbonyl (C=O) groups excluding carboxylic acids is 2. The first-order valence-corrected chi connectivity index (χ1v) is 11.6. The van der Waals surface area contributed by atoms with Gasteiger partial charge in [0.15, 0.2) is 0 Å². The maximum atomic E-state index is 12.6. The van der Waals surface area contributed by atoms with Crippen molar-refractivity contribution >= 4 is 17.6 Å². The SMILES string of the molecule is O=C(Nc1ccc(C(=O)NC2CCCCC2)cc1)NC1C2CC3CC(C2)CC1C3. The lowest BCUT2D eigenvalue weighted by molar-refractivity contribution is -0.00883. The zero-order chi connectivity index (χ0) is 19.8. The minimum absolute atomic E-state index is 0.0125. The summed E-state index contributed by atoms with van der Waals surface area (Å²) in [5.41, 5.74) is 1.39. The van der Waals surface area contributed by atoms with Gasteiger partial charge in [0.05, 0.1) is 0 Å². The summed E-state index contributed by atoms with van der Waals surface area (Å²) in [5.74, 6) is 3.14. The Balaban J connectivity index is 1.14. The van der Waals surface area contributed by atoms with Crippen molar-refractivity contribution in [1.29, 1.82) is 0 Å². The van der Waals surface area contributed by atoms with Crippen LogP contribution in [0.3, 0.4) is 0 Å². The third-order valence-electron chi connectivity index (χ3n) is 7.87. The Bertz CT molecular complexity index is 726. The molecule has 1 aromatic carbocycles. The Hall–Kier alpha value is -2.04. The second kappa shape index (κ2) is 8.00. The van der Waals surface area contributed by atoms with Gasteiger partial charge in [0.25, 0.3) is 5.91 Å². The van der Waals surface area contributed by atoms with E-state index in [9.17, 15) is 9.59 Å². The molecule has 0 spiro atoms. The predicted octanol–water partition coefficient (Wildman–Crippen LogP) is 4.70. The van der Waals surface area contributed by atoms with Crippen molar-refractivity contribution in [3.63, 3.8) is 0 Å². The van der Waals surface area contributed by atoms with E-state index in [-0.39, 0.29) is 11.9 Å². The standard InChI is InChI=1S/C24H33N3O2/c28-23(25-20-4-2-1-3-5-20)17-6-8-21(9-7-17)26-24(29)27-22-18-11-15-10-16(13-18)14-19(22)12-15/h6-9,15-16,18-20,22H,1-5,10-14H2,(H,25,28)(H2,26,27,29). The minimum atomic E-state index is -0.109. The van der Waals surface area contributed by atoms with Crippen LogP contribution in [0.15, 0.2) is 24.3 Å². The van der Waals surface area contributed by atoms with E-state index in [1.807, 2.05) is 12.1 Å². The molecule has 5 heteroatoms. The first-order valence-electron chi connectivity index (χ1n) is 11.6. The van der Waals surface area contributed by atoms with Crippen LogP contribution < -0.4 is 16.0 Å². The van der Waals surface area contributed by atoms with E-state index in [1.165, 1.54) is 51.4 Å². The zero-order valence-corrected chi connectivity index (χ0v) is 17.2. The van der Waals surface area contributed by atoms with E-state index in [4.69, 9.17) is 0 Å². The minimum Gasteiger partial charge on any atom is -0.349 e. The molecule has 3 N–H and O–H groups in total. The molecular formula is C24H33N3O2. The topological polar surface area (TPSA) is 70.2 Å². The molecule has 0 radical (unpaired) electrons. The fourth-order valence-electron chi connectivity index (χ4n) is 6.70. The van der Waals surface area contributed by atoms with Gasteiger partial charge in [-0.25, -0.2) is 4.79 Å². The number of carbonyl (C=O) groups is 2. The molecule has 5 aliphatic rings. The average Bonchev–Trinajstić information content (AvgIpc) is 2.71. The van der Waals surface area contributed by atoms with Crippen LogP contribution in [-0.2, 0) is 0 Å². The number of urea groups is 1. The number of amides is 3. The monoisotopic (exact) mass is 395 g/mol. The number of hydrogen-bond acceptors (Lipinski definition) is 2. The molecule has 0 aliphatic heterocycles. The Labute approximate surface area is 173 Å². The van der Waals surface area contributed by atoms with Gasteiger partial charge in [-0.15, -0.1) is 0 Å². The fraction of sp³-hybridized carbons (Fsp3) is 0.667. The molecule has 0 unspecified atom stereocenters. The van der Waals surface area contributed by atoms with Gasteiger partial charge in [-0.05, 0) is 92.9 Å². The van der Waals surface area contributed by atoms with Gasteiger partial charge in [-0.2, -0.15) is 0 Å². The van der Waals surface area contributed by atoms with Crippen LogP contribution in [0.2, 0.25) is 0 Å². The van der Waals surface area contributed by atoms with E-state index < -0.39 is 0 Å². The zero-order valence-electron chi connectivity index (χ0n) is 17.2. The predicted molar refractivity (Wildman–Crippen MR) is 114 cm³/mol. The lowest BCUT2D eigenvalue weighted by atomic mass is 9.54. The Morgan fingerprint density at radius 2 is 1.38 bits per heavy atom. The molecule has 5 saturated carbocycles. The second-order valence-electron chi connectivity index (χ2n) is 9.94. The van der Waals surface area contributed by atoms with Gasteiger partial charge >= 0.3 is 6.03 Å². The summed E-state index contributed by atoms with van der Waals surface area (Å²) in [6.45, 7) is 0. The number of hydrogen-bond donors (Lipinski definition) is 3. The molecule has 0 aromatic heterocycles. The molecule has 5 aliphatic carbocycles. The molecule has 5 fully saturated rings. The summed E-state index contributed by atoms with van der Waals surface area (Å²) < 4.78 is 0. The quantitative estimate of drug-likeness (QED) is 0.692. The molecule has 29 heavy (non-hydrogen) atoms. The van der Waals surface area contributed by atoms with Crippen molar-refractivity contribution in [3.8, 4) is 0 Å². The summed E-state index contributed by atoms with van der Waals surface area (Å²) in [7, 11) is 0. The van der Waals surface area contributed by atoms with Crippen molar-refractivity contribution in [3.05, 3.63) is 29.8 Å². The number of nitrogens with one attached hydrogen (secondary N) is 3. The summed E-state index contributed by atoms with van der Waals surface area (Å²) in [6.07, 6.45) is 12.4. The number of anilines is 1. The van der Waals surface area contributed by atoms with E-state index in [0.29, 0.717) is 29.5 Å². The summed E-state index contributed by atoms with van der Waals surface area (Å²) in [4.78, 5) is 25.0. The first kappa shape index (κ1) is 19.0.